The Morgan fingerprint density at radius 1 is 1.00 bits per heavy atom. The van der Waals surface area contributed by atoms with Crippen LogP contribution in [0.1, 0.15) is 5.56 Å². The summed E-state index contributed by atoms with van der Waals surface area (Å²) in [7, 11) is 0. The Bertz CT molecular complexity index is 468. The van der Waals surface area contributed by atoms with Crippen molar-refractivity contribution in [2.24, 2.45) is 0 Å². The Hall–Kier alpha value is -1.67. The van der Waals surface area contributed by atoms with Gasteiger partial charge < -0.3 is 10.5 Å². The fourth-order valence-electron chi connectivity index (χ4n) is 1.35. The predicted octanol–water partition coefficient (Wildman–Crippen LogP) is 3.80. The Labute approximate surface area is 99.6 Å². The third-order valence-corrected chi connectivity index (χ3v) is 2.53. The van der Waals surface area contributed by atoms with E-state index < -0.39 is 0 Å². The van der Waals surface area contributed by atoms with Crippen LogP contribution in [0.15, 0.2) is 48.5 Å². The smallest absolute Gasteiger partial charge is 0.150 e. The van der Waals surface area contributed by atoms with Gasteiger partial charge >= 0.3 is 0 Å². The van der Waals surface area contributed by atoms with Gasteiger partial charge in [0.2, 0.25) is 0 Å². The first-order valence-electron chi connectivity index (χ1n) is 4.97. The van der Waals surface area contributed by atoms with Crippen molar-refractivity contribution in [3.8, 4) is 11.5 Å². The van der Waals surface area contributed by atoms with Crippen LogP contribution in [0.3, 0.4) is 0 Å². The molecule has 2 aromatic carbocycles. The zero-order chi connectivity index (χ0) is 11.4. The lowest BCUT2D eigenvalue weighted by Gasteiger charge is -2.08. The van der Waals surface area contributed by atoms with E-state index in [2.05, 4.69) is 0 Å². The zero-order valence-electron chi connectivity index (χ0n) is 8.69. The quantitative estimate of drug-likeness (QED) is 0.647. The first-order valence-corrected chi connectivity index (χ1v) is 5.50. The minimum atomic E-state index is 0.508. The van der Waals surface area contributed by atoms with E-state index in [9.17, 15) is 0 Å². The fourth-order valence-corrected chi connectivity index (χ4v) is 1.53. The number of nitrogens with two attached hydrogens (primary N) is 1. The molecule has 0 fully saturated rings. The number of halogens is 1. The van der Waals surface area contributed by atoms with E-state index in [0.717, 1.165) is 11.3 Å². The van der Waals surface area contributed by atoms with Crippen LogP contribution in [0, 0.1) is 0 Å². The number of benzene rings is 2. The molecule has 0 bridgehead atoms. The van der Waals surface area contributed by atoms with Crippen molar-refractivity contribution >= 4 is 17.3 Å². The lowest BCUT2D eigenvalue weighted by atomic mass is 10.2. The molecular formula is C13H12ClNO. The molecule has 2 N–H and O–H groups in total. The van der Waals surface area contributed by atoms with Crippen molar-refractivity contribution in [3.63, 3.8) is 0 Å². The maximum atomic E-state index is 5.78. The number of hydrogen-bond acceptors (Lipinski definition) is 2. The van der Waals surface area contributed by atoms with E-state index in [1.807, 2.05) is 48.5 Å². The van der Waals surface area contributed by atoms with Gasteiger partial charge in [-0.25, -0.2) is 0 Å². The highest BCUT2D eigenvalue weighted by Crippen LogP contribution is 2.26. The molecule has 0 aliphatic heterocycles. The van der Waals surface area contributed by atoms with Crippen molar-refractivity contribution in [1.82, 2.24) is 0 Å². The summed E-state index contributed by atoms with van der Waals surface area (Å²) in [5.41, 5.74) is 7.47. The second kappa shape index (κ2) is 4.90. The largest absolute Gasteiger partial charge is 0.455 e. The molecule has 0 aliphatic rings. The van der Waals surface area contributed by atoms with Crippen LogP contribution in [0.5, 0.6) is 11.5 Å². The average Bonchev–Trinajstić information content (AvgIpc) is 2.33. The molecule has 2 aromatic rings. The van der Waals surface area contributed by atoms with Gasteiger partial charge in [-0.05, 0) is 29.8 Å². The van der Waals surface area contributed by atoms with E-state index in [1.165, 1.54) is 0 Å². The third-order valence-electron chi connectivity index (χ3n) is 2.22. The molecule has 0 aliphatic carbocycles. The standard InChI is InChI=1S/C13H12ClNO/c14-9-10-5-7-11(8-6-10)16-13-4-2-1-3-12(13)15/h1-8H,9,15H2. The fraction of sp³-hybridized carbons (Fsp3) is 0.0769. The molecular weight excluding hydrogens is 222 g/mol. The molecule has 82 valence electrons. The molecule has 0 saturated carbocycles. The molecule has 2 nitrogen and oxygen atoms in total. The van der Waals surface area contributed by atoms with E-state index >= 15 is 0 Å². The Kier molecular flexibility index (Phi) is 3.32. The summed E-state index contributed by atoms with van der Waals surface area (Å²) >= 11 is 5.70. The first-order chi connectivity index (χ1) is 7.79. The molecule has 0 amide bonds. The molecule has 16 heavy (non-hydrogen) atoms. The van der Waals surface area contributed by atoms with Gasteiger partial charge in [0.05, 0.1) is 5.69 Å². The van der Waals surface area contributed by atoms with E-state index in [4.69, 9.17) is 22.1 Å². The number of nitrogen functional groups attached to an aromatic ring is 1. The van der Waals surface area contributed by atoms with Gasteiger partial charge in [0.25, 0.3) is 0 Å². The van der Waals surface area contributed by atoms with Crippen molar-refractivity contribution in [2.45, 2.75) is 5.88 Å². The normalized spacial score (nSPS) is 10.1. The van der Waals surface area contributed by atoms with Crippen molar-refractivity contribution < 1.29 is 4.74 Å². The molecule has 3 heteroatoms. The summed E-state index contributed by atoms with van der Waals surface area (Å²) in [5.74, 6) is 1.93. The van der Waals surface area contributed by atoms with Crippen LogP contribution in [0.4, 0.5) is 5.69 Å². The van der Waals surface area contributed by atoms with Gasteiger partial charge in [-0.15, -0.1) is 11.6 Å². The summed E-state index contributed by atoms with van der Waals surface area (Å²) in [5, 5.41) is 0. The van der Waals surface area contributed by atoms with Crippen molar-refractivity contribution in [3.05, 3.63) is 54.1 Å². The zero-order valence-corrected chi connectivity index (χ0v) is 9.45. The van der Waals surface area contributed by atoms with Crippen molar-refractivity contribution in [1.29, 1.82) is 0 Å². The summed E-state index contributed by atoms with van der Waals surface area (Å²) in [6, 6.07) is 15.0. The van der Waals surface area contributed by atoms with E-state index in [-0.39, 0.29) is 0 Å². The Balaban J connectivity index is 2.18. The summed E-state index contributed by atoms with van der Waals surface area (Å²) < 4.78 is 5.64. The molecule has 2 rings (SSSR count). The van der Waals surface area contributed by atoms with Crippen molar-refractivity contribution in [2.75, 3.05) is 5.73 Å². The molecule has 0 saturated heterocycles. The molecule has 0 radical (unpaired) electrons. The van der Waals surface area contributed by atoms with Gasteiger partial charge in [0.15, 0.2) is 0 Å². The molecule has 0 atom stereocenters. The maximum absolute atomic E-state index is 5.78. The van der Waals surface area contributed by atoms with Gasteiger partial charge in [0.1, 0.15) is 11.5 Å². The minimum Gasteiger partial charge on any atom is -0.455 e. The van der Waals surface area contributed by atoms with Gasteiger partial charge in [-0.1, -0.05) is 24.3 Å². The molecule has 0 unspecified atom stereocenters. The first kappa shape index (κ1) is 10.8. The van der Waals surface area contributed by atoms with Crippen LogP contribution in [0.25, 0.3) is 0 Å². The highest BCUT2D eigenvalue weighted by atomic mass is 35.5. The monoisotopic (exact) mass is 233 g/mol. The minimum absolute atomic E-state index is 0.508. The number of rotatable bonds is 3. The number of anilines is 1. The number of hydrogen-bond donors (Lipinski definition) is 1. The second-order valence-electron chi connectivity index (χ2n) is 3.42. The SMILES string of the molecule is Nc1ccccc1Oc1ccc(CCl)cc1. The van der Waals surface area contributed by atoms with Gasteiger partial charge in [-0.3, -0.25) is 0 Å². The summed E-state index contributed by atoms with van der Waals surface area (Å²) in [6.45, 7) is 0. The predicted molar refractivity (Wildman–Crippen MR) is 66.9 cm³/mol. The third kappa shape index (κ3) is 2.47. The lowest BCUT2D eigenvalue weighted by molar-refractivity contribution is 0.485. The van der Waals surface area contributed by atoms with Crippen LogP contribution >= 0.6 is 11.6 Å². The number of ether oxygens (including phenoxy) is 1. The number of para-hydroxylation sites is 2. The molecule has 0 spiro atoms. The van der Waals surface area contributed by atoms with E-state index in [1.54, 1.807) is 0 Å². The highest BCUT2D eigenvalue weighted by Gasteiger charge is 2.00. The van der Waals surface area contributed by atoms with Crippen LogP contribution in [0.2, 0.25) is 0 Å². The molecule has 0 aromatic heterocycles. The lowest BCUT2D eigenvalue weighted by Crippen LogP contribution is -1.91. The molecule has 0 heterocycles. The van der Waals surface area contributed by atoms with E-state index in [0.29, 0.717) is 17.3 Å². The highest BCUT2D eigenvalue weighted by molar-refractivity contribution is 6.17. The Morgan fingerprint density at radius 3 is 2.31 bits per heavy atom. The topological polar surface area (TPSA) is 35.2 Å². The summed E-state index contributed by atoms with van der Waals surface area (Å²) in [6.07, 6.45) is 0. The van der Waals surface area contributed by atoms with Gasteiger partial charge in [0, 0.05) is 5.88 Å². The van der Waals surface area contributed by atoms with Crippen LogP contribution in [-0.4, -0.2) is 0 Å². The van der Waals surface area contributed by atoms with Gasteiger partial charge in [-0.2, -0.15) is 0 Å². The second-order valence-corrected chi connectivity index (χ2v) is 3.68. The van der Waals surface area contributed by atoms with Crippen LogP contribution in [-0.2, 0) is 5.88 Å². The Morgan fingerprint density at radius 2 is 1.69 bits per heavy atom. The number of alkyl halides is 1. The summed E-state index contributed by atoms with van der Waals surface area (Å²) in [4.78, 5) is 0. The average molecular weight is 234 g/mol. The van der Waals surface area contributed by atoms with Crippen LogP contribution < -0.4 is 10.5 Å². The maximum Gasteiger partial charge on any atom is 0.150 e.